The Hall–Kier alpha value is -2.08. The maximum absolute atomic E-state index is 12.7. The fourth-order valence-corrected chi connectivity index (χ4v) is 3.07. The highest BCUT2D eigenvalue weighted by atomic mass is 35.5. The predicted molar refractivity (Wildman–Crippen MR) is 90.7 cm³/mol. The van der Waals surface area contributed by atoms with Crippen molar-refractivity contribution in [2.75, 3.05) is 6.54 Å². The molecule has 0 radical (unpaired) electrons. The monoisotopic (exact) mass is 348 g/mol. The number of benzene rings is 1. The molecule has 2 aromatic rings. The van der Waals surface area contributed by atoms with Gasteiger partial charge in [0.2, 0.25) is 5.89 Å². The van der Waals surface area contributed by atoms with Crippen LogP contribution in [0.15, 0.2) is 22.7 Å². The third-order valence-electron chi connectivity index (χ3n) is 4.22. The van der Waals surface area contributed by atoms with E-state index in [1.54, 1.807) is 11.8 Å². The van der Waals surface area contributed by atoms with Crippen LogP contribution in [0.4, 0.5) is 4.79 Å². The molecule has 0 bridgehead atoms. The maximum Gasteiger partial charge on any atom is 0.318 e. The van der Waals surface area contributed by atoms with Gasteiger partial charge in [-0.3, -0.25) is 0 Å². The number of nitrogens with zero attached hydrogens (tertiary/aromatic N) is 3. The topological polar surface area (TPSA) is 71.3 Å². The summed E-state index contributed by atoms with van der Waals surface area (Å²) in [5.74, 6) is 1.15. The van der Waals surface area contributed by atoms with Gasteiger partial charge >= 0.3 is 6.03 Å². The fourth-order valence-electron chi connectivity index (χ4n) is 2.87. The van der Waals surface area contributed by atoms with Gasteiger partial charge in [-0.1, -0.05) is 36.7 Å². The third-order valence-corrected chi connectivity index (χ3v) is 4.46. The Kier molecular flexibility index (Phi) is 4.76. The molecule has 0 saturated heterocycles. The number of urea groups is 1. The molecule has 0 fully saturated rings. The Morgan fingerprint density at radius 2 is 2.17 bits per heavy atom. The zero-order chi connectivity index (χ0) is 17.3. The molecule has 128 valence electrons. The SMILES string of the molecule is Cc1noc([C@H](NC(=O)N2CCc3cc(Cl)ccc3C2)C(C)C)n1. The zero-order valence-corrected chi connectivity index (χ0v) is 14.8. The molecule has 2 heterocycles. The number of carbonyl (C=O) groups excluding carboxylic acids is 1. The first-order valence-electron chi connectivity index (χ1n) is 8.07. The van der Waals surface area contributed by atoms with E-state index in [-0.39, 0.29) is 18.0 Å². The Balaban J connectivity index is 1.71. The van der Waals surface area contributed by atoms with E-state index in [9.17, 15) is 4.79 Å². The predicted octanol–water partition coefficient (Wildman–Crippen LogP) is 3.50. The van der Waals surface area contributed by atoms with Crippen LogP contribution in [0.3, 0.4) is 0 Å². The average molecular weight is 349 g/mol. The molecule has 24 heavy (non-hydrogen) atoms. The van der Waals surface area contributed by atoms with Crippen molar-refractivity contribution < 1.29 is 9.32 Å². The number of hydrogen-bond donors (Lipinski definition) is 1. The minimum atomic E-state index is -0.301. The quantitative estimate of drug-likeness (QED) is 0.921. The highest BCUT2D eigenvalue weighted by Crippen LogP contribution is 2.24. The molecule has 1 aliphatic heterocycles. The number of fused-ring (bicyclic) bond motifs is 1. The zero-order valence-electron chi connectivity index (χ0n) is 14.0. The number of carbonyl (C=O) groups is 1. The van der Waals surface area contributed by atoms with E-state index in [2.05, 4.69) is 15.5 Å². The van der Waals surface area contributed by atoms with Crippen molar-refractivity contribution in [3.63, 3.8) is 0 Å². The summed E-state index contributed by atoms with van der Waals surface area (Å²) in [5.41, 5.74) is 2.34. The van der Waals surface area contributed by atoms with Gasteiger partial charge in [0.05, 0.1) is 0 Å². The maximum atomic E-state index is 12.7. The third kappa shape index (κ3) is 3.53. The second-order valence-corrected chi connectivity index (χ2v) is 6.87. The Labute approximate surface area is 146 Å². The van der Waals surface area contributed by atoms with E-state index in [0.717, 1.165) is 17.0 Å². The van der Waals surface area contributed by atoms with Crippen LogP contribution in [0.5, 0.6) is 0 Å². The van der Waals surface area contributed by atoms with Crippen LogP contribution in [0.2, 0.25) is 5.02 Å². The van der Waals surface area contributed by atoms with E-state index >= 15 is 0 Å². The first-order valence-corrected chi connectivity index (χ1v) is 8.45. The fraction of sp³-hybridized carbons (Fsp3) is 0.471. The summed E-state index contributed by atoms with van der Waals surface area (Å²) in [4.78, 5) is 18.7. The minimum absolute atomic E-state index is 0.120. The molecule has 0 saturated carbocycles. The largest absolute Gasteiger partial charge is 0.337 e. The average Bonchev–Trinajstić information content (AvgIpc) is 2.97. The second kappa shape index (κ2) is 6.81. The molecule has 1 aliphatic rings. The molecule has 1 aromatic carbocycles. The van der Waals surface area contributed by atoms with Crippen LogP contribution in [0, 0.1) is 12.8 Å². The molecule has 1 N–H and O–H groups in total. The van der Waals surface area contributed by atoms with Crippen molar-refractivity contribution >= 4 is 17.6 Å². The summed E-state index contributed by atoms with van der Waals surface area (Å²) >= 11 is 6.03. The van der Waals surface area contributed by atoms with Crippen LogP contribution < -0.4 is 5.32 Å². The molecule has 7 heteroatoms. The second-order valence-electron chi connectivity index (χ2n) is 6.44. The number of aryl methyl sites for hydroxylation is 1. The molecule has 6 nitrogen and oxygen atoms in total. The van der Waals surface area contributed by atoms with Crippen molar-refractivity contribution in [1.82, 2.24) is 20.4 Å². The van der Waals surface area contributed by atoms with Gasteiger partial charge in [-0.05, 0) is 42.5 Å². The molecule has 1 atom stereocenters. The van der Waals surface area contributed by atoms with E-state index in [0.29, 0.717) is 24.8 Å². The lowest BCUT2D eigenvalue weighted by atomic mass is 10.00. The van der Waals surface area contributed by atoms with Crippen molar-refractivity contribution in [3.05, 3.63) is 46.1 Å². The van der Waals surface area contributed by atoms with Crippen LogP contribution in [-0.2, 0) is 13.0 Å². The number of aromatic nitrogens is 2. The van der Waals surface area contributed by atoms with E-state index in [1.165, 1.54) is 5.56 Å². The summed E-state index contributed by atoms with van der Waals surface area (Å²) in [6, 6.07) is 5.40. The first-order chi connectivity index (χ1) is 11.4. The highest BCUT2D eigenvalue weighted by molar-refractivity contribution is 6.30. The van der Waals surface area contributed by atoms with Crippen molar-refractivity contribution in [2.45, 2.75) is 39.8 Å². The molecule has 0 unspecified atom stereocenters. The van der Waals surface area contributed by atoms with Gasteiger partial charge in [0.25, 0.3) is 0 Å². The molecule has 1 aromatic heterocycles. The van der Waals surface area contributed by atoms with Gasteiger partial charge in [0, 0.05) is 18.1 Å². The number of hydrogen-bond acceptors (Lipinski definition) is 4. The van der Waals surface area contributed by atoms with Gasteiger partial charge in [-0.25, -0.2) is 4.79 Å². The molecule has 0 aliphatic carbocycles. The minimum Gasteiger partial charge on any atom is -0.337 e. The first kappa shape index (κ1) is 16.8. The molecular formula is C17H21ClN4O2. The summed E-state index contributed by atoms with van der Waals surface area (Å²) in [6.45, 7) is 7.02. The van der Waals surface area contributed by atoms with Gasteiger partial charge in [0.1, 0.15) is 6.04 Å². The van der Waals surface area contributed by atoms with Crippen LogP contribution in [0.25, 0.3) is 0 Å². The van der Waals surface area contributed by atoms with Gasteiger partial charge in [-0.15, -0.1) is 0 Å². The summed E-state index contributed by atoms with van der Waals surface area (Å²) in [5, 5.41) is 7.57. The molecule has 0 spiro atoms. The summed E-state index contributed by atoms with van der Waals surface area (Å²) in [6.07, 6.45) is 0.801. The number of amides is 2. The Morgan fingerprint density at radius 1 is 1.38 bits per heavy atom. The molecule has 3 rings (SSSR count). The van der Waals surface area contributed by atoms with Crippen molar-refractivity contribution in [3.8, 4) is 0 Å². The smallest absolute Gasteiger partial charge is 0.318 e. The summed E-state index contributed by atoms with van der Waals surface area (Å²) < 4.78 is 5.24. The molecule has 2 amide bonds. The van der Waals surface area contributed by atoms with Gasteiger partial charge in [0.15, 0.2) is 5.82 Å². The molecular weight excluding hydrogens is 328 g/mol. The van der Waals surface area contributed by atoms with E-state index in [1.807, 2.05) is 32.0 Å². The number of halogens is 1. The van der Waals surface area contributed by atoms with Crippen molar-refractivity contribution in [2.24, 2.45) is 5.92 Å². The number of nitrogens with one attached hydrogen (secondary N) is 1. The Bertz CT molecular complexity index is 744. The van der Waals surface area contributed by atoms with Crippen LogP contribution in [0.1, 0.15) is 42.7 Å². The standard InChI is InChI=1S/C17H21ClN4O2/c1-10(2)15(16-19-11(3)21-24-16)20-17(23)22-7-6-12-8-14(18)5-4-13(12)9-22/h4-5,8,10,15H,6-7,9H2,1-3H3,(H,20,23)/t15-/m1/s1. The van der Waals surface area contributed by atoms with Crippen LogP contribution in [-0.4, -0.2) is 27.6 Å². The normalized spacial score (nSPS) is 15.3. The van der Waals surface area contributed by atoms with Gasteiger partial charge in [-0.2, -0.15) is 4.98 Å². The van der Waals surface area contributed by atoms with Gasteiger partial charge < -0.3 is 14.7 Å². The van der Waals surface area contributed by atoms with E-state index in [4.69, 9.17) is 16.1 Å². The Morgan fingerprint density at radius 3 is 2.83 bits per heavy atom. The number of rotatable bonds is 3. The lowest BCUT2D eigenvalue weighted by molar-refractivity contribution is 0.179. The highest BCUT2D eigenvalue weighted by Gasteiger charge is 2.28. The lowest BCUT2D eigenvalue weighted by Crippen LogP contribution is -2.45. The van der Waals surface area contributed by atoms with E-state index < -0.39 is 0 Å². The lowest BCUT2D eigenvalue weighted by Gasteiger charge is -2.31. The summed E-state index contributed by atoms with van der Waals surface area (Å²) in [7, 11) is 0. The van der Waals surface area contributed by atoms with Crippen molar-refractivity contribution in [1.29, 1.82) is 0 Å². The van der Waals surface area contributed by atoms with Crippen LogP contribution >= 0.6 is 11.6 Å².